The highest BCUT2D eigenvalue weighted by atomic mass is 35.5. The number of piperazine rings is 1. The largest absolute Gasteiger partial charge is 0.336 e. The minimum atomic E-state index is -3.61. The van der Waals surface area contributed by atoms with E-state index in [1.165, 1.54) is 25.2 Å². The molecule has 1 heterocycles. The van der Waals surface area contributed by atoms with E-state index in [0.29, 0.717) is 19.0 Å². The van der Waals surface area contributed by atoms with Crippen LogP contribution in [0.3, 0.4) is 0 Å². The fraction of sp³-hybridized carbons (Fsp3) is 0.562. The summed E-state index contributed by atoms with van der Waals surface area (Å²) >= 11 is 6.13. The third kappa shape index (κ3) is 4.47. The number of benzene rings is 1. The molecular weight excluding hydrogens is 350 g/mol. The highest BCUT2D eigenvalue weighted by Gasteiger charge is 2.25. The zero-order valence-electron chi connectivity index (χ0n) is 14.3. The lowest BCUT2D eigenvalue weighted by atomic mass is 10.1. The zero-order chi connectivity index (χ0) is 17.9. The van der Waals surface area contributed by atoms with E-state index >= 15 is 0 Å². The van der Waals surface area contributed by atoms with E-state index in [1.807, 2.05) is 0 Å². The molecule has 0 aliphatic carbocycles. The van der Waals surface area contributed by atoms with Crippen LogP contribution in [0.4, 0.5) is 0 Å². The molecule has 2 rings (SSSR count). The topological polar surface area (TPSA) is 69.7 Å². The van der Waals surface area contributed by atoms with Crippen LogP contribution < -0.4 is 4.72 Å². The highest BCUT2D eigenvalue weighted by Crippen LogP contribution is 2.22. The van der Waals surface area contributed by atoms with Gasteiger partial charge in [-0.2, -0.15) is 0 Å². The lowest BCUT2D eigenvalue weighted by molar-refractivity contribution is 0.0623. The molecule has 0 bridgehead atoms. The number of carbonyl (C=O) groups is 1. The molecule has 1 aromatic carbocycles. The molecule has 6 nitrogen and oxygen atoms in total. The van der Waals surface area contributed by atoms with Gasteiger partial charge in [-0.1, -0.05) is 25.4 Å². The summed E-state index contributed by atoms with van der Waals surface area (Å²) in [7, 11) is -2.28. The molecule has 24 heavy (non-hydrogen) atoms. The second-order valence-electron chi connectivity index (χ2n) is 6.34. The number of amides is 1. The number of sulfonamides is 1. The number of nitrogens with one attached hydrogen (secondary N) is 1. The second kappa shape index (κ2) is 7.82. The Hall–Kier alpha value is -1.15. The maximum Gasteiger partial charge on any atom is 0.255 e. The number of hydrogen-bond acceptors (Lipinski definition) is 4. The van der Waals surface area contributed by atoms with Crippen molar-refractivity contribution in [1.29, 1.82) is 0 Å². The van der Waals surface area contributed by atoms with Crippen molar-refractivity contribution in [2.45, 2.75) is 18.7 Å². The molecule has 0 aromatic heterocycles. The van der Waals surface area contributed by atoms with Crippen molar-refractivity contribution < 1.29 is 13.2 Å². The first-order valence-electron chi connectivity index (χ1n) is 7.99. The van der Waals surface area contributed by atoms with E-state index in [9.17, 15) is 13.2 Å². The maximum atomic E-state index is 12.7. The van der Waals surface area contributed by atoms with Crippen molar-refractivity contribution in [3.05, 3.63) is 28.8 Å². The normalized spacial score (nSPS) is 16.6. The minimum absolute atomic E-state index is 0.0381. The van der Waals surface area contributed by atoms with Crippen LogP contribution in [0.5, 0.6) is 0 Å². The van der Waals surface area contributed by atoms with Crippen molar-refractivity contribution in [2.75, 3.05) is 39.8 Å². The van der Waals surface area contributed by atoms with E-state index in [0.717, 1.165) is 19.6 Å². The van der Waals surface area contributed by atoms with Gasteiger partial charge in [0.1, 0.15) is 0 Å². The molecule has 1 fully saturated rings. The molecule has 134 valence electrons. The Labute approximate surface area is 148 Å². The van der Waals surface area contributed by atoms with Gasteiger partial charge in [-0.25, -0.2) is 13.1 Å². The average molecular weight is 374 g/mol. The fourth-order valence-electron chi connectivity index (χ4n) is 2.77. The Morgan fingerprint density at radius 1 is 1.25 bits per heavy atom. The zero-order valence-corrected chi connectivity index (χ0v) is 15.8. The number of rotatable bonds is 5. The predicted octanol–water partition coefficient (Wildman–Crippen LogP) is 1.66. The highest BCUT2D eigenvalue weighted by molar-refractivity contribution is 7.89. The van der Waals surface area contributed by atoms with Gasteiger partial charge in [-0.3, -0.25) is 9.69 Å². The number of hydrogen-bond donors (Lipinski definition) is 1. The molecule has 1 aliphatic heterocycles. The van der Waals surface area contributed by atoms with Crippen LogP contribution in [-0.4, -0.2) is 63.9 Å². The number of carbonyl (C=O) groups excluding carboxylic acids is 1. The monoisotopic (exact) mass is 373 g/mol. The average Bonchev–Trinajstić information content (AvgIpc) is 2.54. The standard InChI is InChI=1S/C16H24ClN3O3S/c1-12(2)11-19-6-8-20(9-7-19)16(21)14-10-13(4-5-15(14)17)24(22,23)18-3/h4-5,10,12,18H,6-9,11H2,1-3H3. The molecule has 0 saturated carbocycles. The SMILES string of the molecule is CNS(=O)(=O)c1ccc(Cl)c(C(=O)N2CCN(CC(C)C)CC2)c1. The molecule has 0 radical (unpaired) electrons. The molecule has 8 heteroatoms. The Balaban J connectivity index is 2.15. The summed E-state index contributed by atoms with van der Waals surface area (Å²) in [6, 6.07) is 4.19. The first-order chi connectivity index (χ1) is 11.2. The van der Waals surface area contributed by atoms with Gasteiger partial charge in [0, 0.05) is 32.7 Å². The van der Waals surface area contributed by atoms with Crippen LogP contribution in [0, 0.1) is 5.92 Å². The van der Waals surface area contributed by atoms with Crippen LogP contribution in [0.25, 0.3) is 0 Å². The lowest BCUT2D eigenvalue weighted by Crippen LogP contribution is -2.49. The predicted molar refractivity (Wildman–Crippen MR) is 94.9 cm³/mol. The quantitative estimate of drug-likeness (QED) is 0.852. The fourth-order valence-corrected chi connectivity index (χ4v) is 3.73. The molecule has 1 aliphatic rings. The van der Waals surface area contributed by atoms with Gasteiger partial charge in [0.25, 0.3) is 5.91 Å². The van der Waals surface area contributed by atoms with Crippen molar-refractivity contribution in [1.82, 2.24) is 14.5 Å². The third-order valence-electron chi connectivity index (χ3n) is 4.03. The molecule has 1 N–H and O–H groups in total. The van der Waals surface area contributed by atoms with Crippen molar-refractivity contribution in [2.24, 2.45) is 5.92 Å². The van der Waals surface area contributed by atoms with Gasteiger partial charge in [0.2, 0.25) is 10.0 Å². The number of halogens is 1. The lowest BCUT2D eigenvalue weighted by Gasteiger charge is -2.35. The number of nitrogens with zero attached hydrogens (tertiary/aromatic N) is 2. The summed E-state index contributed by atoms with van der Waals surface area (Å²) in [5.74, 6) is 0.363. The summed E-state index contributed by atoms with van der Waals surface area (Å²) in [6.45, 7) is 8.22. The van der Waals surface area contributed by atoms with E-state index in [-0.39, 0.29) is 21.4 Å². The van der Waals surface area contributed by atoms with Gasteiger partial charge in [-0.05, 0) is 31.2 Å². The van der Waals surface area contributed by atoms with Gasteiger partial charge in [0.15, 0.2) is 0 Å². The van der Waals surface area contributed by atoms with Gasteiger partial charge in [-0.15, -0.1) is 0 Å². The van der Waals surface area contributed by atoms with E-state index in [4.69, 9.17) is 11.6 Å². The van der Waals surface area contributed by atoms with Crippen molar-refractivity contribution in [3.8, 4) is 0 Å². The Kier molecular flexibility index (Phi) is 6.25. The summed E-state index contributed by atoms with van der Waals surface area (Å²) in [5, 5.41) is 0.264. The van der Waals surface area contributed by atoms with Crippen LogP contribution >= 0.6 is 11.6 Å². The maximum absolute atomic E-state index is 12.7. The summed E-state index contributed by atoms with van der Waals surface area (Å²) in [4.78, 5) is 16.8. The van der Waals surface area contributed by atoms with Crippen molar-refractivity contribution in [3.63, 3.8) is 0 Å². The van der Waals surface area contributed by atoms with Gasteiger partial charge >= 0.3 is 0 Å². The second-order valence-corrected chi connectivity index (χ2v) is 8.63. The molecule has 0 spiro atoms. The molecule has 1 aromatic rings. The smallest absolute Gasteiger partial charge is 0.255 e. The van der Waals surface area contributed by atoms with Crippen LogP contribution in [0.2, 0.25) is 5.02 Å². The Morgan fingerprint density at radius 2 is 1.88 bits per heavy atom. The van der Waals surface area contributed by atoms with Gasteiger partial charge in [0.05, 0.1) is 15.5 Å². The Bertz CT molecular complexity index is 699. The molecule has 1 amide bonds. The summed E-state index contributed by atoms with van der Waals surface area (Å²) < 4.78 is 26.1. The first kappa shape index (κ1) is 19.2. The van der Waals surface area contributed by atoms with E-state index in [1.54, 1.807) is 4.90 Å². The minimum Gasteiger partial charge on any atom is -0.336 e. The van der Waals surface area contributed by atoms with E-state index in [2.05, 4.69) is 23.5 Å². The molecular formula is C16H24ClN3O3S. The molecule has 0 unspecified atom stereocenters. The van der Waals surface area contributed by atoms with E-state index < -0.39 is 10.0 Å². The van der Waals surface area contributed by atoms with Crippen LogP contribution in [0.15, 0.2) is 23.1 Å². The third-order valence-corrected chi connectivity index (χ3v) is 5.77. The van der Waals surface area contributed by atoms with Crippen LogP contribution in [0.1, 0.15) is 24.2 Å². The summed E-state index contributed by atoms with van der Waals surface area (Å²) in [5.41, 5.74) is 0.227. The van der Waals surface area contributed by atoms with Crippen LogP contribution in [-0.2, 0) is 10.0 Å². The summed E-state index contributed by atoms with van der Waals surface area (Å²) in [6.07, 6.45) is 0. The Morgan fingerprint density at radius 3 is 2.42 bits per heavy atom. The first-order valence-corrected chi connectivity index (χ1v) is 9.85. The molecule has 0 atom stereocenters. The van der Waals surface area contributed by atoms with Crippen molar-refractivity contribution >= 4 is 27.5 Å². The molecule has 1 saturated heterocycles. The van der Waals surface area contributed by atoms with Gasteiger partial charge < -0.3 is 4.90 Å².